The van der Waals surface area contributed by atoms with Gasteiger partial charge in [-0.3, -0.25) is 0 Å². The summed E-state index contributed by atoms with van der Waals surface area (Å²) < 4.78 is 43.4. The lowest BCUT2D eigenvalue weighted by Gasteiger charge is -2.43. The molecule has 4 atom stereocenters. The maximum absolute atomic E-state index is 12.9. The molecule has 170 valence electrons. The highest BCUT2D eigenvalue weighted by Gasteiger charge is 2.46. The number of sulfone groups is 1. The van der Waals surface area contributed by atoms with Crippen LogP contribution in [-0.4, -0.2) is 55.5 Å². The first-order chi connectivity index (χ1) is 14.3. The van der Waals surface area contributed by atoms with Gasteiger partial charge < -0.3 is 14.2 Å². The van der Waals surface area contributed by atoms with Crippen LogP contribution >= 0.6 is 23.5 Å². The van der Waals surface area contributed by atoms with E-state index in [0.29, 0.717) is 24.0 Å². The minimum atomic E-state index is -3.33. The lowest BCUT2D eigenvalue weighted by molar-refractivity contribution is -0.133. The number of hydrogen-bond acceptors (Lipinski definition) is 7. The first kappa shape index (κ1) is 24.4. The molecule has 2 fully saturated rings. The molecule has 3 rings (SSSR count). The Balaban J connectivity index is 1.63. The van der Waals surface area contributed by atoms with Gasteiger partial charge in [0.25, 0.3) is 0 Å². The van der Waals surface area contributed by atoms with Crippen molar-refractivity contribution in [1.82, 2.24) is 0 Å². The Hall–Kier alpha value is -0.250. The van der Waals surface area contributed by atoms with Crippen molar-refractivity contribution in [2.75, 3.05) is 30.5 Å². The van der Waals surface area contributed by atoms with E-state index in [1.54, 1.807) is 24.3 Å². The lowest BCUT2D eigenvalue weighted by Crippen LogP contribution is -2.43. The van der Waals surface area contributed by atoms with E-state index in [9.17, 15) is 8.42 Å². The maximum atomic E-state index is 12.9. The van der Waals surface area contributed by atoms with E-state index in [4.69, 9.17) is 14.2 Å². The standard InChI is InChI=1S/C22H34O5S3/c1-4-25-18(3)26-11-10-19-14-21(27-22(15-19)28-12-13-29-22)17(2)16-30(23,24)20-8-6-5-7-9-20/h5-9,17-19,21H,4,10-16H2,1-3H3/t17-,18?,19-,21-/m1/s1. The van der Waals surface area contributed by atoms with E-state index >= 15 is 0 Å². The van der Waals surface area contributed by atoms with Gasteiger partial charge in [0, 0.05) is 24.7 Å². The Kier molecular flexibility index (Phi) is 8.99. The van der Waals surface area contributed by atoms with E-state index in [0.717, 1.165) is 30.8 Å². The second-order valence-corrected chi connectivity index (χ2v) is 13.1. The van der Waals surface area contributed by atoms with E-state index < -0.39 is 9.84 Å². The quantitative estimate of drug-likeness (QED) is 0.451. The summed E-state index contributed by atoms with van der Waals surface area (Å²) in [7, 11) is -3.33. The second-order valence-electron chi connectivity index (χ2n) is 8.10. The third-order valence-corrected chi connectivity index (χ3v) is 10.8. The molecule has 0 saturated carbocycles. The van der Waals surface area contributed by atoms with E-state index in [1.807, 2.05) is 50.4 Å². The zero-order valence-electron chi connectivity index (χ0n) is 18.1. The van der Waals surface area contributed by atoms with Gasteiger partial charge in [-0.2, -0.15) is 0 Å². The Morgan fingerprint density at radius 3 is 2.53 bits per heavy atom. The van der Waals surface area contributed by atoms with Gasteiger partial charge in [-0.15, -0.1) is 23.5 Å². The number of thioether (sulfide) groups is 2. The molecule has 0 aliphatic carbocycles. The second kappa shape index (κ2) is 11.1. The van der Waals surface area contributed by atoms with Gasteiger partial charge in [0.1, 0.15) is 0 Å². The predicted molar refractivity (Wildman–Crippen MR) is 125 cm³/mol. The third-order valence-electron chi connectivity index (χ3n) is 5.66. The van der Waals surface area contributed by atoms with E-state index in [1.165, 1.54) is 0 Å². The van der Waals surface area contributed by atoms with Gasteiger partial charge in [-0.25, -0.2) is 8.42 Å². The van der Waals surface area contributed by atoms with Crippen LogP contribution in [0, 0.1) is 11.8 Å². The van der Waals surface area contributed by atoms with Crippen LogP contribution in [0.25, 0.3) is 0 Å². The highest BCUT2D eigenvalue weighted by atomic mass is 32.2. The monoisotopic (exact) mass is 474 g/mol. The number of benzene rings is 1. The molecule has 0 N–H and O–H groups in total. The molecule has 2 aliphatic rings. The minimum absolute atomic E-state index is 0.0651. The van der Waals surface area contributed by atoms with Crippen molar-refractivity contribution in [3.05, 3.63) is 30.3 Å². The molecule has 8 heteroatoms. The molecule has 0 radical (unpaired) electrons. The van der Waals surface area contributed by atoms with Crippen LogP contribution in [0.5, 0.6) is 0 Å². The highest BCUT2D eigenvalue weighted by Crippen LogP contribution is 2.54. The highest BCUT2D eigenvalue weighted by molar-refractivity contribution is 8.21. The molecule has 0 aromatic heterocycles. The zero-order chi connectivity index (χ0) is 21.6. The smallest absolute Gasteiger partial charge is 0.178 e. The minimum Gasteiger partial charge on any atom is -0.353 e. The molecule has 2 heterocycles. The van der Waals surface area contributed by atoms with Crippen LogP contribution in [0.1, 0.15) is 40.0 Å². The van der Waals surface area contributed by atoms with Crippen molar-refractivity contribution in [1.29, 1.82) is 0 Å². The molecule has 0 amide bonds. The van der Waals surface area contributed by atoms with Crippen molar-refractivity contribution < 1.29 is 22.6 Å². The van der Waals surface area contributed by atoms with Crippen molar-refractivity contribution in [3.8, 4) is 0 Å². The Bertz CT molecular complexity index is 749. The Morgan fingerprint density at radius 1 is 1.17 bits per heavy atom. The summed E-state index contributed by atoms with van der Waals surface area (Å²) in [5.41, 5.74) is 0. The Morgan fingerprint density at radius 2 is 1.87 bits per heavy atom. The number of hydrogen-bond donors (Lipinski definition) is 0. The van der Waals surface area contributed by atoms with Crippen molar-refractivity contribution in [2.24, 2.45) is 11.8 Å². The van der Waals surface area contributed by atoms with Gasteiger partial charge in [-0.1, -0.05) is 25.1 Å². The van der Waals surface area contributed by atoms with Crippen molar-refractivity contribution >= 4 is 33.4 Å². The van der Waals surface area contributed by atoms with Crippen LogP contribution in [0.15, 0.2) is 35.2 Å². The molecule has 30 heavy (non-hydrogen) atoms. The Labute approximate surface area is 189 Å². The van der Waals surface area contributed by atoms with Crippen molar-refractivity contribution in [2.45, 2.75) is 61.6 Å². The fraction of sp³-hybridized carbons (Fsp3) is 0.727. The van der Waals surface area contributed by atoms with E-state index in [2.05, 4.69) is 0 Å². The van der Waals surface area contributed by atoms with Gasteiger partial charge in [0.15, 0.2) is 20.4 Å². The normalized spacial score (nSPS) is 26.0. The van der Waals surface area contributed by atoms with Crippen LogP contribution in [0.4, 0.5) is 0 Å². The largest absolute Gasteiger partial charge is 0.353 e. The molecule has 1 aromatic rings. The van der Waals surface area contributed by atoms with Crippen LogP contribution in [0.2, 0.25) is 0 Å². The van der Waals surface area contributed by atoms with Gasteiger partial charge >= 0.3 is 0 Å². The fourth-order valence-corrected chi connectivity index (χ4v) is 9.03. The predicted octanol–water partition coefficient (Wildman–Crippen LogP) is 4.81. The summed E-state index contributed by atoms with van der Waals surface area (Å²) >= 11 is 3.76. The van der Waals surface area contributed by atoms with Gasteiger partial charge in [0.05, 0.1) is 16.8 Å². The number of ether oxygens (including phenoxy) is 3. The summed E-state index contributed by atoms with van der Waals surface area (Å²) in [5, 5.41) is 0. The number of rotatable bonds is 10. The topological polar surface area (TPSA) is 61.8 Å². The molecule has 5 nitrogen and oxygen atoms in total. The molecular weight excluding hydrogens is 440 g/mol. The van der Waals surface area contributed by atoms with Crippen LogP contribution in [-0.2, 0) is 24.0 Å². The summed E-state index contributed by atoms with van der Waals surface area (Å²) in [6.45, 7) is 7.20. The van der Waals surface area contributed by atoms with Crippen molar-refractivity contribution in [3.63, 3.8) is 0 Å². The van der Waals surface area contributed by atoms with Gasteiger partial charge in [-0.05, 0) is 57.1 Å². The van der Waals surface area contributed by atoms with E-state index in [-0.39, 0.29) is 28.3 Å². The summed E-state index contributed by atoms with van der Waals surface area (Å²) in [6, 6.07) is 8.73. The molecule has 1 spiro atoms. The third kappa shape index (κ3) is 6.62. The first-order valence-electron chi connectivity index (χ1n) is 10.8. The molecule has 2 aliphatic heterocycles. The lowest BCUT2D eigenvalue weighted by atomic mass is 9.88. The maximum Gasteiger partial charge on any atom is 0.178 e. The molecule has 1 aromatic carbocycles. The molecular formula is C22H34O5S3. The summed E-state index contributed by atoms with van der Waals surface area (Å²) in [4.78, 5) is 0.391. The molecule has 0 bridgehead atoms. The molecule has 2 saturated heterocycles. The molecule has 1 unspecified atom stereocenters. The SMILES string of the molecule is CCOC(C)OCC[C@@H]1C[C@H]([C@H](C)CS(=O)(=O)c2ccccc2)OC2(C1)SCCS2. The first-order valence-corrected chi connectivity index (χ1v) is 14.4. The average molecular weight is 475 g/mol. The summed E-state index contributed by atoms with van der Waals surface area (Å²) in [6.07, 6.45) is 2.55. The van der Waals surface area contributed by atoms with Crippen LogP contribution in [0.3, 0.4) is 0 Å². The average Bonchev–Trinajstić information content (AvgIpc) is 3.15. The van der Waals surface area contributed by atoms with Gasteiger partial charge in [0.2, 0.25) is 0 Å². The fourth-order valence-electron chi connectivity index (χ4n) is 4.14. The zero-order valence-corrected chi connectivity index (χ0v) is 20.6. The van der Waals surface area contributed by atoms with Crippen LogP contribution < -0.4 is 0 Å². The summed E-state index contributed by atoms with van der Waals surface area (Å²) in [5.74, 6) is 2.66.